The average molecular weight is 444 g/mol. The summed E-state index contributed by atoms with van der Waals surface area (Å²) in [5.74, 6) is 0.0289. The van der Waals surface area contributed by atoms with Crippen molar-refractivity contribution in [3.8, 4) is 11.3 Å². The van der Waals surface area contributed by atoms with E-state index in [0.29, 0.717) is 19.6 Å². The van der Waals surface area contributed by atoms with Crippen molar-refractivity contribution >= 4 is 17.9 Å². The summed E-state index contributed by atoms with van der Waals surface area (Å²) in [4.78, 5) is 28.6. The summed E-state index contributed by atoms with van der Waals surface area (Å²) in [6, 6.07) is 13.9. The highest BCUT2D eigenvalue weighted by atomic mass is 16.2. The summed E-state index contributed by atoms with van der Waals surface area (Å²) in [5, 5.41) is 10.5. The Morgan fingerprint density at radius 1 is 1.03 bits per heavy atom. The molecule has 3 aromatic rings. The summed E-state index contributed by atoms with van der Waals surface area (Å²) in [6.45, 7) is 1.46. The number of hydrogen-bond acceptors (Lipinski definition) is 4. The molecule has 33 heavy (non-hydrogen) atoms. The Morgan fingerprint density at radius 3 is 2.58 bits per heavy atom. The topological polar surface area (TPSA) is 88.9 Å². The van der Waals surface area contributed by atoms with Gasteiger partial charge in [0.05, 0.1) is 6.54 Å². The van der Waals surface area contributed by atoms with E-state index in [1.54, 1.807) is 18.5 Å². The number of nitrogens with zero attached hydrogens (tertiary/aromatic N) is 3. The van der Waals surface area contributed by atoms with Crippen LogP contribution in [0.3, 0.4) is 0 Å². The van der Waals surface area contributed by atoms with Gasteiger partial charge in [-0.1, -0.05) is 43.2 Å². The van der Waals surface area contributed by atoms with E-state index >= 15 is 0 Å². The standard InChI is InChI=1S/C26H29N5O2/c32-24(28-15-16-29-26(33)21-9-4-5-10-21)13-12-23-19-31(18-20-7-2-1-3-8-20)30-25(23)22-11-6-14-27-17-22/h1-3,6-8,11-14,17,19,21H,4-5,9-10,15-16,18H2,(H,28,32)(H,29,33)/b13-12+. The predicted molar refractivity (Wildman–Crippen MR) is 128 cm³/mol. The number of rotatable bonds is 9. The highest BCUT2D eigenvalue weighted by Crippen LogP contribution is 2.24. The highest BCUT2D eigenvalue weighted by molar-refractivity contribution is 5.92. The van der Waals surface area contributed by atoms with Crippen molar-refractivity contribution in [2.75, 3.05) is 13.1 Å². The fourth-order valence-corrected chi connectivity index (χ4v) is 4.07. The first-order chi connectivity index (χ1) is 16.2. The maximum absolute atomic E-state index is 12.3. The van der Waals surface area contributed by atoms with E-state index in [2.05, 4.69) is 27.8 Å². The maximum atomic E-state index is 12.3. The SMILES string of the molecule is O=C(/C=C/c1cn(Cc2ccccc2)nc1-c1cccnc1)NCCNC(=O)C1CCCC1. The van der Waals surface area contributed by atoms with Gasteiger partial charge in [0.2, 0.25) is 11.8 Å². The van der Waals surface area contributed by atoms with Gasteiger partial charge in [0.1, 0.15) is 5.69 Å². The molecular weight excluding hydrogens is 414 g/mol. The van der Waals surface area contributed by atoms with Crippen molar-refractivity contribution in [3.63, 3.8) is 0 Å². The van der Waals surface area contributed by atoms with Gasteiger partial charge in [-0.3, -0.25) is 19.3 Å². The Bertz CT molecular complexity index is 1090. The van der Waals surface area contributed by atoms with Crippen LogP contribution >= 0.6 is 0 Å². The molecule has 2 aromatic heterocycles. The molecule has 1 aromatic carbocycles. The summed E-state index contributed by atoms with van der Waals surface area (Å²) >= 11 is 0. The van der Waals surface area contributed by atoms with E-state index in [9.17, 15) is 9.59 Å². The van der Waals surface area contributed by atoms with Gasteiger partial charge in [-0.05, 0) is 36.6 Å². The Balaban J connectivity index is 1.37. The second kappa shape index (κ2) is 11.2. The van der Waals surface area contributed by atoms with E-state index in [0.717, 1.165) is 48.1 Å². The molecule has 0 aliphatic heterocycles. The van der Waals surface area contributed by atoms with Crippen LogP contribution in [0, 0.1) is 5.92 Å². The van der Waals surface area contributed by atoms with Gasteiger partial charge in [0.15, 0.2) is 0 Å². The lowest BCUT2D eigenvalue weighted by molar-refractivity contribution is -0.125. The average Bonchev–Trinajstić information content (AvgIpc) is 3.52. The molecule has 2 amide bonds. The van der Waals surface area contributed by atoms with Gasteiger partial charge < -0.3 is 10.6 Å². The molecule has 0 unspecified atom stereocenters. The molecule has 1 aliphatic rings. The largest absolute Gasteiger partial charge is 0.354 e. The highest BCUT2D eigenvalue weighted by Gasteiger charge is 2.21. The van der Waals surface area contributed by atoms with Crippen molar-refractivity contribution < 1.29 is 9.59 Å². The van der Waals surface area contributed by atoms with Gasteiger partial charge >= 0.3 is 0 Å². The molecule has 2 N–H and O–H groups in total. The molecule has 4 rings (SSSR count). The van der Waals surface area contributed by atoms with Crippen molar-refractivity contribution in [3.05, 3.63) is 78.3 Å². The second-order valence-electron chi connectivity index (χ2n) is 8.25. The molecular formula is C26H29N5O2. The first-order valence-corrected chi connectivity index (χ1v) is 11.4. The molecule has 0 atom stereocenters. The Labute approximate surface area is 193 Å². The van der Waals surface area contributed by atoms with Gasteiger partial charge in [-0.2, -0.15) is 5.10 Å². The quantitative estimate of drug-likeness (QED) is 0.392. The summed E-state index contributed by atoms with van der Waals surface area (Å²) < 4.78 is 1.87. The fraction of sp³-hybridized carbons (Fsp3) is 0.308. The molecule has 2 heterocycles. The summed E-state index contributed by atoms with van der Waals surface area (Å²) in [6.07, 6.45) is 12.9. The lowest BCUT2D eigenvalue weighted by atomic mass is 10.1. The Morgan fingerprint density at radius 2 is 1.82 bits per heavy atom. The minimum Gasteiger partial charge on any atom is -0.354 e. The molecule has 0 radical (unpaired) electrons. The summed E-state index contributed by atoms with van der Waals surface area (Å²) in [7, 11) is 0. The number of benzene rings is 1. The van der Waals surface area contributed by atoms with Crippen LogP contribution in [0.15, 0.2) is 67.1 Å². The van der Waals surface area contributed by atoms with Crippen molar-refractivity contribution in [1.82, 2.24) is 25.4 Å². The van der Waals surface area contributed by atoms with Gasteiger partial charge in [-0.25, -0.2) is 0 Å². The van der Waals surface area contributed by atoms with Crippen LogP contribution in [0.5, 0.6) is 0 Å². The molecule has 7 nitrogen and oxygen atoms in total. The van der Waals surface area contributed by atoms with Gasteiger partial charge in [-0.15, -0.1) is 0 Å². The van der Waals surface area contributed by atoms with E-state index in [1.165, 1.54) is 6.08 Å². The Hall–Kier alpha value is -3.74. The van der Waals surface area contributed by atoms with Crippen LogP contribution in [-0.2, 0) is 16.1 Å². The van der Waals surface area contributed by atoms with Crippen molar-refractivity contribution in [2.45, 2.75) is 32.2 Å². The summed E-state index contributed by atoms with van der Waals surface area (Å²) in [5.41, 5.74) is 3.64. The zero-order chi connectivity index (χ0) is 22.9. The molecule has 7 heteroatoms. The van der Waals surface area contributed by atoms with Crippen molar-refractivity contribution in [1.29, 1.82) is 0 Å². The molecule has 170 valence electrons. The van der Waals surface area contributed by atoms with Crippen LogP contribution in [0.25, 0.3) is 17.3 Å². The zero-order valence-corrected chi connectivity index (χ0v) is 18.6. The van der Waals surface area contributed by atoms with Crippen LogP contribution in [0.1, 0.15) is 36.8 Å². The van der Waals surface area contributed by atoms with Gasteiger partial charge in [0, 0.05) is 54.8 Å². The minimum atomic E-state index is -0.210. The molecule has 1 saturated carbocycles. The van der Waals surface area contributed by atoms with E-state index < -0.39 is 0 Å². The van der Waals surface area contributed by atoms with Crippen LogP contribution in [-0.4, -0.2) is 39.7 Å². The number of hydrogen-bond donors (Lipinski definition) is 2. The van der Waals surface area contributed by atoms with Crippen molar-refractivity contribution in [2.24, 2.45) is 5.92 Å². The molecule has 1 fully saturated rings. The smallest absolute Gasteiger partial charge is 0.244 e. The number of amides is 2. The third-order valence-corrected chi connectivity index (χ3v) is 5.78. The third kappa shape index (κ3) is 6.38. The minimum absolute atomic E-state index is 0.101. The number of carbonyl (C=O) groups is 2. The Kier molecular flexibility index (Phi) is 7.64. The lowest BCUT2D eigenvalue weighted by Crippen LogP contribution is -2.36. The van der Waals surface area contributed by atoms with Crippen LogP contribution in [0.4, 0.5) is 0 Å². The van der Waals surface area contributed by atoms with E-state index in [-0.39, 0.29) is 17.7 Å². The zero-order valence-electron chi connectivity index (χ0n) is 18.6. The first kappa shape index (κ1) is 22.5. The number of nitrogens with one attached hydrogen (secondary N) is 2. The first-order valence-electron chi connectivity index (χ1n) is 11.4. The van der Waals surface area contributed by atoms with E-state index in [1.807, 2.05) is 41.2 Å². The number of pyridine rings is 1. The molecule has 0 saturated heterocycles. The van der Waals surface area contributed by atoms with Crippen LogP contribution in [0.2, 0.25) is 0 Å². The number of carbonyl (C=O) groups excluding carboxylic acids is 2. The van der Waals surface area contributed by atoms with E-state index in [4.69, 9.17) is 5.10 Å². The molecule has 0 spiro atoms. The second-order valence-corrected chi connectivity index (χ2v) is 8.25. The van der Waals surface area contributed by atoms with Crippen LogP contribution < -0.4 is 10.6 Å². The lowest BCUT2D eigenvalue weighted by Gasteiger charge is -2.10. The normalized spacial score (nSPS) is 13.9. The monoisotopic (exact) mass is 443 g/mol. The molecule has 1 aliphatic carbocycles. The maximum Gasteiger partial charge on any atom is 0.244 e. The van der Waals surface area contributed by atoms with Gasteiger partial charge in [0.25, 0.3) is 0 Å². The fourth-order valence-electron chi connectivity index (χ4n) is 4.07. The third-order valence-electron chi connectivity index (χ3n) is 5.78. The molecule has 0 bridgehead atoms. The number of aromatic nitrogens is 3. The predicted octanol–water partition coefficient (Wildman–Crippen LogP) is 3.43.